The van der Waals surface area contributed by atoms with E-state index in [1.807, 2.05) is 6.92 Å². The Morgan fingerprint density at radius 3 is 2.62 bits per heavy atom. The van der Waals surface area contributed by atoms with Crippen molar-refractivity contribution in [3.05, 3.63) is 27.2 Å². The van der Waals surface area contributed by atoms with Gasteiger partial charge >= 0.3 is 5.97 Å². The lowest BCUT2D eigenvalue weighted by Crippen LogP contribution is -2.08. The van der Waals surface area contributed by atoms with Crippen LogP contribution in [0, 0.1) is 0 Å². The molecule has 16 heavy (non-hydrogen) atoms. The molecule has 5 heteroatoms. The zero-order chi connectivity index (χ0) is 12.1. The Labute approximate surface area is 108 Å². The molecule has 0 bridgehead atoms. The van der Waals surface area contributed by atoms with Crippen LogP contribution in [0.5, 0.6) is 5.75 Å². The number of hydrogen-bond acceptors (Lipinski definition) is 3. The second-order valence-corrected chi connectivity index (χ2v) is 4.18. The summed E-state index contributed by atoms with van der Waals surface area (Å²) in [6, 6.07) is 3.20. The summed E-state index contributed by atoms with van der Waals surface area (Å²) in [6.45, 7) is 4.38. The van der Waals surface area contributed by atoms with Gasteiger partial charge in [-0.1, -0.05) is 11.6 Å². The molecule has 1 rings (SSSR count). The van der Waals surface area contributed by atoms with Crippen LogP contribution in [0.2, 0.25) is 5.02 Å². The molecule has 3 nitrogen and oxygen atoms in total. The number of rotatable bonds is 4. The van der Waals surface area contributed by atoms with E-state index in [0.717, 1.165) is 0 Å². The number of esters is 1. The van der Waals surface area contributed by atoms with Gasteiger partial charge in [-0.25, -0.2) is 4.79 Å². The maximum absolute atomic E-state index is 11.6. The maximum atomic E-state index is 11.6. The van der Waals surface area contributed by atoms with Gasteiger partial charge in [0.15, 0.2) is 0 Å². The molecule has 0 saturated carbocycles. The van der Waals surface area contributed by atoms with E-state index in [4.69, 9.17) is 21.1 Å². The predicted molar refractivity (Wildman–Crippen MR) is 66.3 cm³/mol. The zero-order valence-electron chi connectivity index (χ0n) is 9.05. The lowest BCUT2D eigenvalue weighted by molar-refractivity contribution is 0.0522. The van der Waals surface area contributed by atoms with Gasteiger partial charge in [-0.3, -0.25) is 0 Å². The fourth-order valence-corrected chi connectivity index (χ4v) is 1.67. The summed E-state index contributed by atoms with van der Waals surface area (Å²) < 4.78 is 10.9. The van der Waals surface area contributed by atoms with E-state index < -0.39 is 5.97 Å². The van der Waals surface area contributed by atoms with Crippen LogP contribution in [0.4, 0.5) is 0 Å². The van der Waals surface area contributed by atoms with Gasteiger partial charge in [0.25, 0.3) is 0 Å². The Hall–Kier alpha value is -0.740. The summed E-state index contributed by atoms with van der Waals surface area (Å²) in [5.41, 5.74) is 0.375. The van der Waals surface area contributed by atoms with Crippen LogP contribution >= 0.6 is 27.5 Å². The lowest BCUT2D eigenvalue weighted by Gasteiger charge is -2.10. The molecule has 0 heterocycles. The molecule has 0 radical (unpaired) electrons. The topological polar surface area (TPSA) is 35.5 Å². The Morgan fingerprint density at radius 1 is 1.38 bits per heavy atom. The Kier molecular flexibility index (Phi) is 5.09. The fraction of sp³-hybridized carbons (Fsp3) is 0.364. The van der Waals surface area contributed by atoms with Gasteiger partial charge < -0.3 is 9.47 Å². The third kappa shape index (κ3) is 3.12. The highest BCUT2D eigenvalue weighted by Gasteiger charge is 2.16. The highest BCUT2D eigenvalue weighted by molar-refractivity contribution is 9.10. The fourth-order valence-electron chi connectivity index (χ4n) is 1.17. The quantitative estimate of drug-likeness (QED) is 0.796. The predicted octanol–water partition coefficient (Wildman–Crippen LogP) is 3.68. The third-order valence-electron chi connectivity index (χ3n) is 1.82. The number of ether oxygens (including phenoxy) is 2. The summed E-state index contributed by atoms with van der Waals surface area (Å²) in [7, 11) is 0. The summed E-state index contributed by atoms with van der Waals surface area (Å²) in [5.74, 6) is 0.0254. The van der Waals surface area contributed by atoms with E-state index in [1.165, 1.54) is 0 Å². The highest BCUT2D eigenvalue weighted by atomic mass is 79.9. The minimum absolute atomic E-state index is 0.324. The molecule has 0 aliphatic rings. The summed E-state index contributed by atoms with van der Waals surface area (Å²) >= 11 is 9.18. The molecular formula is C11H12BrClO3. The van der Waals surface area contributed by atoms with Gasteiger partial charge in [0.1, 0.15) is 11.3 Å². The van der Waals surface area contributed by atoms with E-state index in [2.05, 4.69) is 15.9 Å². The minimum atomic E-state index is -0.414. The first-order chi connectivity index (χ1) is 7.60. The van der Waals surface area contributed by atoms with Crippen molar-refractivity contribution in [2.45, 2.75) is 13.8 Å². The highest BCUT2D eigenvalue weighted by Crippen LogP contribution is 2.31. The van der Waals surface area contributed by atoms with Crippen molar-refractivity contribution in [2.24, 2.45) is 0 Å². The van der Waals surface area contributed by atoms with Crippen LogP contribution in [0.25, 0.3) is 0 Å². The largest absolute Gasteiger partial charge is 0.493 e. The first-order valence-corrected chi connectivity index (χ1v) is 6.06. The zero-order valence-corrected chi connectivity index (χ0v) is 11.4. The van der Waals surface area contributed by atoms with E-state index in [9.17, 15) is 4.79 Å². The molecule has 88 valence electrons. The number of carbonyl (C=O) groups is 1. The molecule has 0 aliphatic heterocycles. The average molecular weight is 308 g/mol. The molecule has 1 aromatic carbocycles. The van der Waals surface area contributed by atoms with Crippen molar-refractivity contribution in [3.63, 3.8) is 0 Å². The smallest absolute Gasteiger partial charge is 0.341 e. The molecule has 0 unspecified atom stereocenters. The van der Waals surface area contributed by atoms with E-state index in [0.29, 0.717) is 34.0 Å². The van der Waals surface area contributed by atoms with Crippen LogP contribution in [-0.2, 0) is 4.74 Å². The van der Waals surface area contributed by atoms with Crippen LogP contribution in [0.3, 0.4) is 0 Å². The summed E-state index contributed by atoms with van der Waals surface area (Å²) in [5, 5.41) is 0.497. The number of halogens is 2. The van der Waals surface area contributed by atoms with Gasteiger partial charge in [-0.15, -0.1) is 0 Å². The molecule has 0 atom stereocenters. The number of carbonyl (C=O) groups excluding carboxylic acids is 1. The molecular weight excluding hydrogens is 295 g/mol. The Morgan fingerprint density at radius 2 is 2.06 bits per heavy atom. The average Bonchev–Trinajstić information content (AvgIpc) is 2.23. The van der Waals surface area contributed by atoms with Crippen LogP contribution in [0.15, 0.2) is 16.6 Å². The Balaban J connectivity index is 3.13. The van der Waals surface area contributed by atoms with Crippen molar-refractivity contribution >= 4 is 33.5 Å². The molecule has 0 spiro atoms. The second-order valence-electron chi connectivity index (χ2n) is 2.92. The van der Waals surface area contributed by atoms with Crippen molar-refractivity contribution in [1.29, 1.82) is 0 Å². The van der Waals surface area contributed by atoms with Crippen LogP contribution in [0.1, 0.15) is 24.2 Å². The molecule has 0 aliphatic carbocycles. The molecule has 0 N–H and O–H groups in total. The molecule has 0 aromatic heterocycles. The first kappa shape index (κ1) is 13.3. The number of benzene rings is 1. The van der Waals surface area contributed by atoms with Crippen LogP contribution in [-0.4, -0.2) is 19.2 Å². The standard InChI is InChI=1S/C11H12BrClO3/c1-3-15-10-6-9(13)8(12)5-7(10)11(14)16-4-2/h5-6H,3-4H2,1-2H3. The second kappa shape index (κ2) is 6.11. The molecule has 1 aromatic rings. The normalized spacial score (nSPS) is 10.0. The van der Waals surface area contributed by atoms with Gasteiger partial charge in [-0.2, -0.15) is 0 Å². The van der Waals surface area contributed by atoms with Gasteiger partial charge in [0.05, 0.1) is 18.2 Å². The van der Waals surface area contributed by atoms with Crippen molar-refractivity contribution < 1.29 is 14.3 Å². The van der Waals surface area contributed by atoms with Gasteiger partial charge in [-0.05, 0) is 35.8 Å². The Bertz CT molecular complexity index is 393. The molecule has 0 saturated heterocycles. The lowest BCUT2D eigenvalue weighted by atomic mass is 10.2. The SMILES string of the molecule is CCOC(=O)c1cc(Br)c(Cl)cc1OCC. The van der Waals surface area contributed by atoms with E-state index >= 15 is 0 Å². The minimum Gasteiger partial charge on any atom is -0.493 e. The molecule has 0 fully saturated rings. The monoisotopic (exact) mass is 306 g/mol. The summed E-state index contributed by atoms with van der Waals surface area (Å²) in [4.78, 5) is 11.6. The van der Waals surface area contributed by atoms with E-state index in [1.54, 1.807) is 19.1 Å². The van der Waals surface area contributed by atoms with Crippen molar-refractivity contribution in [3.8, 4) is 5.75 Å². The van der Waals surface area contributed by atoms with Crippen molar-refractivity contribution in [2.75, 3.05) is 13.2 Å². The van der Waals surface area contributed by atoms with Crippen molar-refractivity contribution in [1.82, 2.24) is 0 Å². The molecule has 0 amide bonds. The van der Waals surface area contributed by atoms with Gasteiger partial charge in [0, 0.05) is 10.5 Å². The number of hydrogen-bond donors (Lipinski definition) is 0. The van der Waals surface area contributed by atoms with Gasteiger partial charge in [0.2, 0.25) is 0 Å². The first-order valence-electron chi connectivity index (χ1n) is 4.89. The van der Waals surface area contributed by atoms with E-state index in [-0.39, 0.29) is 0 Å². The third-order valence-corrected chi connectivity index (χ3v) is 3.01. The van der Waals surface area contributed by atoms with Crippen LogP contribution < -0.4 is 4.74 Å². The maximum Gasteiger partial charge on any atom is 0.341 e. The summed E-state index contributed by atoms with van der Waals surface area (Å²) in [6.07, 6.45) is 0.